The van der Waals surface area contributed by atoms with Gasteiger partial charge in [-0.05, 0) is 35.4 Å². The van der Waals surface area contributed by atoms with E-state index in [4.69, 9.17) is 15.2 Å². The zero-order valence-electron chi connectivity index (χ0n) is 13.3. The number of benzene rings is 1. The van der Waals surface area contributed by atoms with Crippen LogP contribution in [0.25, 0.3) is 0 Å². The van der Waals surface area contributed by atoms with Gasteiger partial charge in [0.25, 0.3) is 0 Å². The van der Waals surface area contributed by atoms with Gasteiger partial charge in [0.15, 0.2) is 11.5 Å². The second kappa shape index (κ2) is 6.81. The van der Waals surface area contributed by atoms with Crippen LogP contribution in [0.2, 0.25) is 0 Å². The third kappa shape index (κ3) is 4.13. The molecule has 0 amide bonds. The van der Waals surface area contributed by atoms with Crippen LogP contribution in [0.15, 0.2) is 16.6 Å². The number of rotatable bonds is 5. The summed E-state index contributed by atoms with van der Waals surface area (Å²) in [6.45, 7) is 8.98. The minimum Gasteiger partial charge on any atom is -0.493 e. The molecule has 0 saturated carbocycles. The van der Waals surface area contributed by atoms with E-state index in [1.807, 2.05) is 12.1 Å². The van der Waals surface area contributed by atoms with Gasteiger partial charge < -0.3 is 15.2 Å². The summed E-state index contributed by atoms with van der Waals surface area (Å²) in [5.74, 6) is 1.95. The first kappa shape index (κ1) is 17.3. The lowest BCUT2D eigenvalue weighted by Crippen LogP contribution is -2.23. The Kier molecular flexibility index (Phi) is 5.90. The summed E-state index contributed by atoms with van der Waals surface area (Å²) < 4.78 is 11.6. The van der Waals surface area contributed by atoms with Gasteiger partial charge in [-0.15, -0.1) is 0 Å². The molecular formula is C16H26BrNO2. The molecular weight excluding hydrogens is 318 g/mol. The second-order valence-electron chi connectivity index (χ2n) is 6.34. The molecule has 2 N–H and O–H groups in total. The van der Waals surface area contributed by atoms with Crippen LogP contribution in [0.5, 0.6) is 11.5 Å². The van der Waals surface area contributed by atoms with Gasteiger partial charge in [-0.25, -0.2) is 0 Å². The summed E-state index contributed by atoms with van der Waals surface area (Å²) >= 11 is 3.58. The van der Waals surface area contributed by atoms with E-state index in [0.29, 0.717) is 17.4 Å². The molecule has 0 saturated heterocycles. The standard InChI is InChI=1S/C16H26BrNO2/c1-10(16(2,3)4)7-13(18)11-8-14(19-5)15(20-6)9-12(11)17/h8-10,13H,7,18H2,1-6H3. The Labute approximate surface area is 131 Å². The number of hydrogen-bond acceptors (Lipinski definition) is 3. The highest BCUT2D eigenvalue weighted by atomic mass is 79.9. The van der Waals surface area contributed by atoms with Crippen LogP contribution < -0.4 is 15.2 Å². The molecule has 1 aromatic rings. The Morgan fingerprint density at radius 1 is 1.15 bits per heavy atom. The van der Waals surface area contributed by atoms with E-state index >= 15 is 0 Å². The van der Waals surface area contributed by atoms with Crippen molar-refractivity contribution in [1.29, 1.82) is 0 Å². The summed E-state index contributed by atoms with van der Waals surface area (Å²) in [5, 5.41) is 0. The second-order valence-corrected chi connectivity index (χ2v) is 7.19. The zero-order chi connectivity index (χ0) is 15.5. The first-order valence-electron chi connectivity index (χ1n) is 6.87. The smallest absolute Gasteiger partial charge is 0.161 e. The summed E-state index contributed by atoms with van der Waals surface area (Å²) in [4.78, 5) is 0. The fourth-order valence-electron chi connectivity index (χ4n) is 2.02. The maximum atomic E-state index is 6.38. The normalized spacial score (nSPS) is 14.8. The summed E-state index contributed by atoms with van der Waals surface area (Å²) in [7, 11) is 3.27. The van der Waals surface area contributed by atoms with Crippen LogP contribution in [0, 0.1) is 11.3 Å². The Hall–Kier alpha value is -0.740. The number of methoxy groups -OCH3 is 2. The molecule has 0 aromatic heterocycles. The minimum atomic E-state index is -0.0293. The van der Waals surface area contributed by atoms with E-state index in [1.54, 1.807) is 14.2 Å². The van der Waals surface area contributed by atoms with Gasteiger partial charge in [-0.3, -0.25) is 0 Å². The summed E-state index contributed by atoms with van der Waals surface area (Å²) in [5.41, 5.74) is 7.69. The van der Waals surface area contributed by atoms with Gasteiger partial charge in [0.1, 0.15) is 0 Å². The average Bonchev–Trinajstić information content (AvgIpc) is 2.36. The molecule has 0 aliphatic carbocycles. The number of ether oxygens (including phenoxy) is 2. The van der Waals surface area contributed by atoms with E-state index < -0.39 is 0 Å². The molecule has 0 aliphatic rings. The summed E-state index contributed by atoms with van der Waals surface area (Å²) in [6, 6.07) is 3.84. The van der Waals surface area contributed by atoms with Crippen LogP contribution >= 0.6 is 15.9 Å². The predicted octanol–water partition coefficient (Wildman–Crippen LogP) is 4.54. The van der Waals surface area contributed by atoms with Gasteiger partial charge in [0.05, 0.1) is 14.2 Å². The van der Waals surface area contributed by atoms with Crippen LogP contribution in [0.3, 0.4) is 0 Å². The first-order chi connectivity index (χ1) is 9.20. The molecule has 4 heteroatoms. The van der Waals surface area contributed by atoms with E-state index in [2.05, 4.69) is 43.6 Å². The minimum absolute atomic E-state index is 0.0293. The highest BCUT2D eigenvalue weighted by Gasteiger charge is 2.24. The lowest BCUT2D eigenvalue weighted by Gasteiger charge is -2.30. The molecule has 2 atom stereocenters. The van der Waals surface area contributed by atoms with Gasteiger partial charge in [0.2, 0.25) is 0 Å². The van der Waals surface area contributed by atoms with Gasteiger partial charge >= 0.3 is 0 Å². The lowest BCUT2D eigenvalue weighted by molar-refractivity contribution is 0.233. The molecule has 0 radical (unpaired) electrons. The third-order valence-electron chi connectivity index (χ3n) is 3.99. The Balaban J connectivity index is 3.01. The maximum absolute atomic E-state index is 6.38. The van der Waals surface area contributed by atoms with Crippen LogP contribution in [-0.4, -0.2) is 14.2 Å². The van der Waals surface area contributed by atoms with Crippen molar-refractivity contribution in [3.63, 3.8) is 0 Å². The molecule has 0 fully saturated rings. The van der Waals surface area contributed by atoms with E-state index in [-0.39, 0.29) is 11.5 Å². The van der Waals surface area contributed by atoms with Gasteiger partial charge in [-0.1, -0.05) is 43.6 Å². The third-order valence-corrected chi connectivity index (χ3v) is 4.67. The van der Waals surface area contributed by atoms with Gasteiger partial charge in [-0.2, -0.15) is 0 Å². The molecule has 20 heavy (non-hydrogen) atoms. The van der Waals surface area contributed by atoms with Crippen molar-refractivity contribution >= 4 is 15.9 Å². The molecule has 1 rings (SSSR count). The first-order valence-corrected chi connectivity index (χ1v) is 7.67. The molecule has 0 spiro atoms. The Bertz CT molecular complexity index is 455. The highest BCUT2D eigenvalue weighted by Crippen LogP contribution is 2.39. The number of nitrogens with two attached hydrogens (primary N) is 1. The van der Waals surface area contributed by atoms with Crippen molar-refractivity contribution < 1.29 is 9.47 Å². The predicted molar refractivity (Wildman–Crippen MR) is 87.4 cm³/mol. The van der Waals surface area contributed by atoms with E-state index in [0.717, 1.165) is 16.5 Å². The lowest BCUT2D eigenvalue weighted by atomic mass is 9.78. The molecule has 1 aromatic carbocycles. The van der Waals surface area contributed by atoms with E-state index in [1.165, 1.54) is 0 Å². The van der Waals surface area contributed by atoms with Crippen LogP contribution in [0.4, 0.5) is 0 Å². The molecule has 2 unspecified atom stereocenters. The largest absolute Gasteiger partial charge is 0.493 e. The number of halogens is 1. The quantitative estimate of drug-likeness (QED) is 0.853. The SMILES string of the molecule is COc1cc(Br)c(C(N)CC(C)C(C)(C)C)cc1OC. The molecule has 0 bridgehead atoms. The summed E-state index contributed by atoms with van der Waals surface area (Å²) in [6.07, 6.45) is 0.928. The molecule has 0 heterocycles. The zero-order valence-corrected chi connectivity index (χ0v) is 14.9. The maximum Gasteiger partial charge on any atom is 0.161 e. The van der Waals surface area contributed by atoms with Crippen LogP contribution in [0.1, 0.15) is 45.7 Å². The van der Waals surface area contributed by atoms with Crippen molar-refractivity contribution in [2.24, 2.45) is 17.1 Å². The fourth-order valence-corrected chi connectivity index (χ4v) is 2.63. The monoisotopic (exact) mass is 343 g/mol. The Morgan fingerprint density at radius 3 is 2.10 bits per heavy atom. The van der Waals surface area contributed by atoms with Crippen molar-refractivity contribution in [2.45, 2.75) is 40.2 Å². The van der Waals surface area contributed by atoms with Crippen LogP contribution in [-0.2, 0) is 0 Å². The Morgan fingerprint density at radius 2 is 1.65 bits per heavy atom. The van der Waals surface area contributed by atoms with Crippen molar-refractivity contribution in [2.75, 3.05) is 14.2 Å². The van der Waals surface area contributed by atoms with Crippen molar-refractivity contribution in [3.05, 3.63) is 22.2 Å². The van der Waals surface area contributed by atoms with E-state index in [9.17, 15) is 0 Å². The van der Waals surface area contributed by atoms with Crippen molar-refractivity contribution in [3.8, 4) is 11.5 Å². The molecule has 0 aliphatic heterocycles. The van der Waals surface area contributed by atoms with Crippen molar-refractivity contribution in [1.82, 2.24) is 0 Å². The van der Waals surface area contributed by atoms with Gasteiger partial charge in [0, 0.05) is 10.5 Å². The average molecular weight is 344 g/mol. The topological polar surface area (TPSA) is 44.5 Å². The fraction of sp³-hybridized carbons (Fsp3) is 0.625. The molecule has 114 valence electrons. The number of hydrogen-bond donors (Lipinski definition) is 1. The highest BCUT2D eigenvalue weighted by molar-refractivity contribution is 9.10. The molecule has 3 nitrogen and oxygen atoms in total.